The van der Waals surface area contributed by atoms with E-state index in [0.29, 0.717) is 11.4 Å². The summed E-state index contributed by atoms with van der Waals surface area (Å²) in [6, 6.07) is 14.7. The van der Waals surface area contributed by atoms with Crippen molar-refractivity contribution in [3.05, 3.63) is 58.1 Å². The van der Waals surface area contributed by atoms with Crippen LogP contribution in [0.15, 0.2) is 57.4 Å². The third-order valence-corrected chi connectivity index (χ3v) is 4.67. The van der Waals surface area contributed by atoms with Crippen LogP contribution in [0.5, 0.6) is 5.75 Å². The van der Waals surface area contributed by atoms with Crippen LogP contribution in [-0.4, -0.2) is 19.3 Å². The first-order valence-electron chi connectivity index (χ1n) is 6.98. The summed E-state index contributed by atoms with van der Waals surface area (Å²) in [5, 5.41) is 12.0. The number of benzene rings is 2. The highest BCUT2D eigenvalue weighted by Gasteiger charge is 2.12. The highest BCUT2D eigenvalue weighted by atomic mass is 79.9. The number of anilines is 1. The Bertz CT molecular complexity index is 828. The number of methoxy groups -OCH3 is 1. The van der Waals surface area contributed by atoms with Crippen LogP contribution in [0, 0.1) is 11.3 Å². The van der Waals surface area contributed by atoms with Gasteiger partial charge in [0.05, 0.1) is 12.8 Å². The Labute approximate surface area is 153 Å². The lowest BCUT2D eigenvalue weighted by atomic mass is 10.1. The predicted octanol–water partition coefficient (Wildman–Crippen LogP) is 4.73. The van der Waals surface area contributed by atoms with Gasteiger partial charge in [0, 0.05) is 9.37 Å². The maximum absolute atomic E-state index is 12.3. The molecular formula is C18H15BrN2O2S. The van der Waals surface area contributed by atoms with Crippen LogP contribution in [-0.2, 0) is 4.79 Å². The Morgan fingerprint density at radius 3 is 2.71 bits per heavy atom. The van der Waals surface area contributed by atoms with Crippen molar-refractivity contribution in [1.29, 1.82) is 5.26 Å². The molecule has 0 saturated heterocycles. The lowest BCUT2D eigenvalue weighted by molar-refractivity contribution is -0.112. The van der Waals surface area contributed by atoms with E-state index in [0.717, 1.165) is 14.9 Å². The van der Waals surface area contributed by atoms with Gasteiger partial charge < -0.3 is 10.1 Å². The van der Waals surface area contributed by atoms with Gasteiger partial charge in [-0.3, -0.25) is 4.79 Å². The molecule has 2 rings (SSSR count). The number of hydrogen-bond acceptors (Lipinski definition) is 4. The quantitative estimate of drug-likeness (QED) is 0.446. The predicted molar refractivity (Wildman–Crippen MR) is 101 cm³/mol. The van der Waals surface area contributed by atoms with Crippen LogP contribution in [0.3, 0.4) is 0 Å². The molecule has 0 atom stereocenters. The highest BCUT2D eigenvalue weighted by Crippen LogP contribution is 2.29. The van der Waals surface area contributed by atoms with E-state index >= 15 is 0 Å². The zero-order valence-electron chi connectivity index (χ0n) is 13.2. The fraction of sp³-hybridized carbons (Fsp3) is 0.111. The molecule has 0 radical (unpaired) electrons. The highest BCUT2D eigenvalue weighted by molar-refractivity contribution is 9.10. The van der Waals surface area contributed by atoms with Gasteiger partial charge in [0.15, 0.2) is 0 Å². The van der Waals surface area contributed by atoms with Crippen LogP contribution in [0.4, 0.5) is 5.69 Å². The molecule has 0 aliphatic rings. The lowest BCUT2D eigenvalue weighted by Gasteiger charge is -2.08. The van der Waals surface area contributed by atoms with E-state index in [4.69, 9.17) is 4.74 Å². The fourth-order valence-corrected chi connectivity index (χ4v) is 2.94. The van der Waals surface area contributed by atoms with Crippen LogP contribution >= 0.6 is 27.7 Å². The number of amides is 1. The molecule has 0 bridgehead atoms. The Balaban J connectivity index is 2.27. The number of ether oxygens (including phenoxy) is 1. The van der Waals surface area contributed by atoms with Gasteiger partial charge in [-0.2, -0.15) is 5.26 Å². The average molecular weight is 403 g/mol. The molecule has 0 aliphatic carbocycles. The third kappa shape index (κ3) is 4.40. The van der Waals surface area contributed by atoms with E-state index in [1.165, 1.54) is 0 Å². The second kappa shape index (κ2) is 8.57. The minimum atomic E-state index is -0.461. The largest absolute Gasteiger partial charge is 0.496 e. The molecule has 24 heavy (non-hydrogen) atoms. The van der Waals surface area contributed by atoms with E-state index < -0.39 is 5.91 Å². The Hall–Kier alpha value is -2.23. The molecular weight excluding hydrogens is 388 g/mol. The van der Waals surface area contributed by atoms with Crippen molar-refractivity contribution in [2.75, 3.05) is 18.7 Å². The fourth-order valence-electron chi connectivity index (χ4n) is 2.01. The van der Waals surface area contributed by atoms with Gasteiger partial charge in [0.2, 0.25) is 0 Å². The summed E-state index contributed by atoms with van der Waals surface area (Å²) in [5.41, 5.74) is 1.35. The SMILES string of the molecule is COc1cc(/C=C(/C#N)C(=O)Nc2ccccc2Br)ccc1SC. The number of thioether (sulfide) groups is 1. The van der Waals surface area contributed by atoms with Crippen LogP contribution in [0.1, 0.15) is 5.56 Å². The number of para-hydroxylation sites is 1. The molecule has 0 aromatic heterocycles. The summed E-state index contributed by atoms with van der Waals surface area (Å²) in [5.74, 6) is 0.247. The number of halogens is 1. The molecule has 0 spiro atoms. The minimum Gasteiger partial charge on any atom is -0.496 e. The molecule has 0 fully saturated rings. The van der Waals surface area contributed by atoms with Crippen LogP contribution in [0.25, 0.3) is 6.08 Å². The van der Waals surface area contributed by atoms with Gasteiger partial charge >= 0.3 is 0 Å². The number of hydrogen-bond donors (Lipinski definition) is 1. The molecule has 2 aromatic carbocycles. The number of nitriles is 1. The van der Waals surface area contributed by atoms with Crippen LogP contribution in [0.2, 0.25) is 0 Å². The summed E-state index contributed by atoms with van der Waals surface area (Å²) < 4.78 is 6.08. The minimum absolute atomic E-state index is 0.0182. The Morgan fingerprint density at radius 1 is 1.33 bits per heavy atom. The van der Waals surface area contributed by atoms with Crippen molar-refractivity contribution < 1.29 is 9.53 Å². The summed E-state index contributed by atoms with van der Waals surface area (Å²) >= 11 is 4.93. The molecule has 1 amide bonds. The van der Waals surface area contributed by atoms with E-state index in [1.54, 1.807) is 37.1 Å². The zero-order valence-corrected chi connectivity index (χ0v) is 15.6. The monoisotopic (exact) mass is 402 g/mol. The van der Waals surface area contributed by atoms with Crippen molar-refractivity contribution in [2.24, 2.45) is 0 Å². The molecule has 0 saturated carbocycles. The van der Waals surface area contributed by atoms with Crippen LogP contribution < -0.4 is 10.1 Å². The summed E-state index contributed by atoms with van der Waals surface area (Å²) in [7, 11) is 1.59. The van der Waals surface area contributed by atoms with E-state index in [2.05, 4.69) is 21.2 Å². The lowest BCUT2D eigenvalue weighted by Crippen LogP contribution is -2.13. The second-order valence-corrected chi connectivity index (χ2v) is 6.42. The number of nitrogens with one attached hydrogen (secondary N) is 1. The molecule has 122 valence electrons. The molecule has 1 N–H and O–H groups in total. The molecule has 0 unspecified atom stereocenters. The molecule has 2 aromatic rings. The molecule has 0 aliphatic heterocycles. The van der Waals surface area contributed by atoms with Gasteiger partial charge in [-0.25, -0.2) is 0 Å². The first kappa shape index (κ1) is 18.1. The average Bonchev–Trinajstić information content (AvgIpc) is 2.61. The normalized spacial score (nSPS) is 10.8. The van der Waals surface area contributed by atoms with Crippen molar-refractivity contribution in [1.82, 2.24) is 0 Å². The molecule has 4 nitrogen and oxygen atoms in total. The number of rotatable bonds is 5. The van der Waals surface area contributed by atoms with E-state index in [9.17, 15) is 10.1 Å². The number of carbonyl (C=O) groups excluding carboxylic acids is 1. The topological polar surface area (TPSA) is 62.1 Å². The van der Waals surface area contributed by atoms with Gasteiger partial charge in [0.1, 0.15) is 17.4 Å². The Kier molecular flexibility index (Phi) is 6.47. The summed E-state index contributed by atoms with van der Waals surface area (Å²) in [4.78, 5) is 13.3. The van der Waals surface area contributed by atoms with Crippen molar-refractivity contribution in [3.63, 3.8) is 0 Å². The van der Waals surface area contributed by atoms with Crippen molar-refractivity contribution >= 4 is 45.4 Å². The third-order valence-electron chi connectivity index (χ3n) is 3.21. The van der Waals surface area contributed by atoms with Crippen molar-refractivity contribution in [3.8, 4) is 11.8 Å². The van der Waals surface area contributed by atoms with Crippen molar-refractivity contribution in [2.45, 2.75) is 4.90 Å². The smallest absolute Gasteiger partial charge is 0.266 e. The Morgan fingerprint density at radius 2 is 2.08 bits per heavy atom. The summed E-state index contributed by atoms with van der Waals surface area (Å²) in [6.45, 7) is 0. The number of nitrogens with zero attached hydrogens (tertiary/aromatic N) is 1. The molecule has 0 heterocycles. The first-order valence-corrected chi connectivity index (χ1v) is 9.00. The maximum Gasteiger partial charge on any atom is 0.266 e. The molecule has 6 heteroatoms. The maximum atomic E-state index is 12.3. The van der Waals surface area contributed by atoms with Gasteiger partial charge in [-0.05, 0) is 58.1 Å². The van der Waals surface area contributed by atoms with Gasteiger partial charge in [0.25, 0.3) is 5.91 Å². The van der Waals surface area contributed by atoms with E-state index in [1.807, 2.05) is 42.7 Å². The van der Waals surface area contributed by atoms with Gasteiger partial charge in [-0.1, -0.05) is 18.2 Å². The first-order chi connectivity index (χ1) is 11.6. The second-order valence-electron chi connectivity index (χ2n) is 4.72. The number of carbonyl (C=O) groups is 1. The van der Waals surface area contributed by atoms with Gasteiger partial charge in [-0.15, -0.1) is 11.8 Å². The zero-order chi connectivity index (χ0) is 17.5. The summed E-state index contributed by atoms with van der Waals surface area (Å²) in [6.07, 6.45) is 3.50. The standard InChI is InChI=1S/C18H15BrN2O2S/c1-23-16-10-12(7-8-17(16)24-2)9-13(11-20)18(22)21-15-6-4-3-5-14(15)19/h3-10H,1-2H3,(H,21,22)/b13-9-. The van der Waals surface area contributed by atoms with E-state index in [-0.39, 0.29) is 5.57 Å².